The number of morpholine rings is 1. The number of aromatic nitrogens is 5. The van der Waals surface area contributed by atoms with Gasteiger partial charge >= 0.3 is 0 Å². The lowest BCUT2D eigenvalue weighted by molar-refractivity contribution is 0.0302. The molecule has 1 saturated heterocycles. The average molecular weight is 640 g/mol. The van der Waals surface area contributed by atoms with Crippen molar-refractivity contribution in [3.63, 3.8) is 0 Å². The Balaban J connectivity index is 1.36. The van der Waals surface area contributed by atoms with Crippen molar-refractivity contribution in [1.29, 1.82) is 0 Å². The van der Waals surface area contributed by atoms with Crippen LogP contribution in [0, 0.1) is 12.7 Å². The number of benzene rings is 2. The molecule has 0 saturated carbocycles. The molecule has 2 aromatic carbocycles. The Morgan fingerprint density at radius 2 is 1.87 bits per heavy atom. The molecule has 242 valence electrons. The molecule has 0 atom stereocenters. The van der Waals surface area contributed by atoms with Gasteiger partial charge in [-0.1, -0.05) is 32.9 Å². The van der Waals surface area contributed by atoms with Crippen molar-refractivity contribution >= 4 is 28.2 Å². The minimum absolute atomic E-state index is 0.114. The number of amides is 1. The van der Waals surface area contributed by atoms with Crippen LogP contribution in [0.2, 0.25) is 0 Å². The van der Waals surface area contributed by atoms with Gasteiger partial charge in [-0.25, -0.2) is 14.5 Å². The quantitative estimate of drug-likeness (QED) is 0.250. The summed E-state index contributed by atoms with van der Waals surface area (Å²) in [5.41, 5.74) is 1.50. The number of hydrogen-bond acceptors (Lipinski definition) is 9. The van der Waals surface area contributed by atoms with Gasteiger partial charge in [0, 0.05) is 41.4 Å². The number of ether oxygens (including phenoxy) is 1. The normalized spacial score (nSPS) is 13.6. The molecule has 1 aliphatic rings. The van der Waals surface area contributed by atoms with E-state index in [1.165, 1.54) is 18.5 Å². The van der Waals surface area contributed by atoms with Crippen LogP contribution in [0.1, 0.15) is 47.8 Å². The molecule has 6 rings (SSSR count). The molecule has 1 fully saturated rings. The highest BCUT2D eigenvalue weighted by Crippen LogP contribution is 2.32. The van der Waals surface area contributed by atoms with Gasteiger partial charge in [0.05, 0.1) is 48.3 Å². The third kappa shape index (κ3) is 6.02. The van der Waals surface area contributed by atoms with E-state index in [1.807, 2.05) is 20.8 Å². The predicted molar refractivity (Wildman–Crippen MR) is 175 cm³/mol. The molecule has 0 unspecified atom stereocenters. The minimum atomic E-state index is -0.678. The van der Waals surface area contributed by atoms with E-state index >= 15 is 4.39 Å². The van der Waals surface area contributed by atoms with Gasteiger partial charge in [-0.05, 0) is 48.2 Å². The first-order valence-electron chi connectivity index (χ1n) is 15.1. The molecule has 12 nitrogen and oxygen atoms in total. The lowest BCUT2D eigenvalue weighted by Crippen LogP contribution is -2.40. The van der Waals surface area contributed by atoms with Gasteiger partial charge in [-0.15, -0.1) is 0 Å². The number of pyridine rings is 1. The van der Waals surface area contributed by atoms with Crippen molar-refractivity contribution < 1.29 is 19.0 Å². The number of aliphatic hydroxyl groups excluding tert-OH is 1. The zero-order chi connectivity index (χ0) is 33.5. The van der Waals surface area contributed by atoms with Gasteiger partial charge in [-0.3, -0.25) is 14.4 Å². The number of nitrogens with one attached hydrogen (secondary N) is 2. The number of hydrogen-bond donors (Lipinski definition) is 3. The van der Waals surface area contributed by atoms with E-state index < -0.39 is 23.5 Å². The van der Waals surface area contributed by atoms with Crippen molar-refractivity contribution in [3.8, 4) is 16.9 Å². The molecule has 0 spiro atoms. The fourth-order valence-electron chi connectivity index (χ4n) is 5.62. The monoisotopic (exact) mass is 639 g/mol. The summed E-state index contributed by atoms with van der Waals surface area (Å²) in [5, 5.41) is 24.9. The van der Waals surface area contributed by atoms with Crippen molar-refractivity contribution in [1.82, 2.24) is 29.9 Å². The van der Waals surface area contributed by atoms with E-state index in [9.17, 15) is 19.5 Å². The Hall–Kier alpha value is -5.27. The van der Waals surface area contributed by atoms with Gasteiger partial charge in [0.15, 0.2) is 0 Å². The van der Waals surface area contributed by atoms with Crippen LogP contribution in [0.3, 0.4) is 0 Å². The van der Waals surface area contributed by atoms with Crippen molar-refractivity contribution in [3.05, 3.63) is 104 Å². The van der Waals surface area contributed by atoms with E-state index in [0.717, 1.165) is 10.2 Å². The summed E-state index contributed by atoms with van der Waals surface area (Å²) in [6.07, 6.45) is 2.88. The first kappa shape index (κ1) is 31.7. The molecule has 5 aromatic rings. The second-order valence-corrected chi connectivity index (χ2v) is 12.4. The van der Waals surface area contributed by atoms with Crippen molar-refractivity contribution in [2.75, 3.05) is 31.6 Å². The largest absolute Gasteiger partial charge is 0.392 e. The SMILES string of the molecule is Cc1c(-c2cccc(-n3ncc4cc(C(C)(C)C)cc(F)c4c3=O)c2CO)n[nH]c(=O)c1Nc1ccc(C(=O)N2CCOCC2)cn1. The summed E-state index contributed by atoms with van der Waals surface area (Å²) in [6.45, 7) is 9.03. The Kier molecular flexibility index (Phi) is 8.43. The number of carbonyl (C=O) groups is 1. The number of rotatable bonds is 6. The highest BCUT2D eigenvalue weighted by Gasteiger charge is 2.23. The molecule has 4 heterocycles. The zero-order valence-electron chi connectivity index (χ0n) is 26.4. The van der Waals surface area contributed by atoms with E-state index in [0.29, 0.717) is 65.5 Å². The van der Waals surface area contributed by atoms with Crippen LogP contribution in [-0.4, -0.2) is 67.2 Å². The maximum atomic E-state index is 15.4. The number of anilines is 2. The Labute approximate surface area is 268 Å². The summed E-state index contributed by atoms with van der Waals surface area (Å²) >= 11 is 0. The standard InChI is InChI=1S/C34H34FN7O5/c1-19-29(39-40-31(44)30(19)38-27-9-8-20(16-36-27)32(45)41-10-12-47-13-11-41)23-6-5-7-26(24(23)18-43)42-33(46)28-21(17-37-42)14-22(15-25(28)35)34(2,3)4/h5-9,14-17,43H,10-13,18H2,1-4H3,(H,40,44)(H,36,38,39). The van der Waals surface area contributed by atoms with Crippen LogP contribution in [-0.2, 0) is 16.8 Å². The molecule has 13 heteroatoms. The Morgan fingerprint density at radius 3 is 2.55 bits per heavy atom. The van der Waals surface area contributed by atoms with Crippen LogP contribution in [0.25, 0.3) is 27.7 Å². The molecule has 3 aromatic heterocycles. The second-order valence-electron chi connectivity index (χ2n) is 12.4. The highest BCUT2D eigenvalue weighted by atomic mass is 19.1. The maximum Gasteiger partial charge on any atom is 0.288 e. The van der Waals surface area contributed by atoms with Crippen LogP contribution < -0.4 is 16.4 Å². The number of H-pyrrole nitrogens is 1. The lowest BCUT2D eigenvalue weighted by atomic mass is 9.86. The molecule has 0 radical (unpaired) electrons. The van der Waals surface area contributed by atoms with E-state index in [4.69, 9.17) is 4.74 Å². The van der Waals surface area contributed by atoms with E-state index in [2.05, 4.69) is 25.6 Å². The molecular formula is C34H34FN7O5. The molecule has 3 N–H and O–H groups in total. The Bertz CT molecular complexity index is 2110. The van der Waals surface area contributed by atoms with Gasteiger partial charge < -0.3 is 20.1 Å². The Morgan fingerprint density at radius 1 is 1.11 bits per heavy atom. The van der Waals surface area contributed by atoms with Gasteiger partial charge in [0.1, 0.15) is 17.3 Å². The van der Waals surface area contributed by atoms with E-state index in [-0.39, 0.29) is 28.1 Å². The number of fused-ring (bicyclic) bond motifs is 1. The summed E-state index contributed by atoms with van der Waals surface area (Å²) < 4.78 is 21.7. The first-order valence-corrected chi connectivity index (χ1v) is 15.1. The summed E-state index contributed by atoms with van der Waals surface area (Å²) in [7, 11) is 0. The minimum Gasteiger partial charge on any atom is -0.392 e. The van der Waals surface area contributed by atoms with Crippen molar-refractivity contribution in [2.24, 2.45) is 0 Å². The highest BCUT2D eigenvalue weighted by molar-refractivity contribution is 5.94. The smallest absolute Gasteiger partial charge is 0.288 e. The fourth-order valence-corrected chi connectivity index (χ4v) is 5.62. The third-order valence-electron chi connectivity index (χ3n) is 8.29. The maximum absolute atomic E-state index is 15.4. The number of halogens is 1. The van der Waals surface area contributed by atoms with Gasteiger partial charge in [0.2, 0.25) is 0 Å². The van der Waals surface area contributed by atoms with Crippen LogP contribution >= 0.6 is 0 Å². The topological polar surface area (TPSA) is 155 Å². The van der Waals surface area contributed by atoms with Crippen LogP contribution in [0.5, 0.6) is 0 Å². The summed E-state index contributed by atoms with van der Waals surface area (Å²) in [6, 6.07) is 11.3. The first-order chi connectivity index (χ1) is 22.5. The van der Waals surface area contributed by atoms with E-state index in [1.54, 1.807) is 48.2 Å². The lowest BCUT2D eigenvalue weighted by Gasteiger charge is -2.26. The number of aliphatic hydroxyl groups is 1. The van der Waals surface area contributed by atoms with Gasteiger partial charge in [0.25, 0.3) is 17.0 Å². The van der Waals surface area contributed by atoms with Gasteiger partial charge in [-0.2, -0.15) is 14.9 Å². The summed E-state index contributed by atoms with van der Waals surface area (Å²) in [4.78, 5) is 45.4. The molecule has 47 heavy (non-hydrogen) atoms. The number of carbonyl (C=O) groups excluding carboxylic acids is 1. The third-order valence-corrected chi connectivity index (χ3v) is 8.29. The van der Waals surface area contributed by atoms with Crippen LogP contribution in [0.4, 0.5) is 15.9 Å². The predicted octanol–water partition coefficient (Wildman–Crippen LogP) is 3.98. The molecule has 1 aliphatic heterocycles. The second kappa shape index (κ2) is 12.5. The molecule has 0 aliphatic carbocycles. The molecule has 1 amide bonds. The zero-order valence-corrected chi connectivity index (χ0v) is 26.4. The number of nitrogens with zero attached hydrogens (tertiary/aromatic N) is 5. The van der Waals surface area contributed by atoms with Crippen LogP contribution in [0.15, 0.2) is 64.4 Å². The summed E-state index contributed by atoms with van der Waals surface area (Å²) in [5.74, 6) is -0.480. The molecule has 0 bridgehead atoms. The van der Waals surface area contributed by atoms with Crippen molar-refractivity contribution in [2.45, 2.75) is 39.7 Å². The average Bonchev–Trinajstić information content (AvgIpc) is 3.06. The number of aromatic amines is 1. The molecular weight excluding hydrogens is 605 g/mol. The fraction of sp³-hybridized carbons (Fsp3) is 0.294.